The zero-order chi connectivity index (χ0) is 18.6. The Labute approximate surface area is 171 Å². The Morgan fingerprint density at radius 2 is 2.07 bits per heavy atom. The normalized spacial score (nSPS) is 15.8. The Hall–Kier alpha value is -2.24. The third-order valence-corrected chi connectivity index (χ3v) is 5.18. The topological polar surface area (TPSA) is 44.9 Å². The van der Waals surface area contributed by atoms with E-state index in [0.717, 1.165) is 52.5 Å². The molecule has 0 amide bonds. The molecule has 3 aromatic rings. The van der Waals surface area contributed by atoms with Crippen LogP contribution in [0.2, 0.25) is 5.02 Å². The zero-order valence-corrected chi connectivity index (χ0v) is 17.0. The summed E-state index contributed by atoms with van der Waals surface area (Å²) < 4.78 is 3.06. The second kappa shape index (κ2) is 8.19. The fourth-order valence-corrected chi connectivity index (χ4v) is 3.81. The zero-order valence-electron chi connectivity index (χ0n) is 14.7. The molecule has 0 unspecified atom stereocenters. The lowest BCUT2D eigenvalue weighted by Gasteiger charge is -2.15. The van der Waals surface area contributed by atoms with Crippen LogP contribution >= 0.6 is 27.5 Å². The molecule has 0 aliphatic carbocycles. The van der Waals surface area contributed by atoms with Crippen molar-refractivity contribution in [3.05, 3.63) is 86.9 Å². The Balaban J connectivity index is 1.67. The highest BCUT2D eigenvalue weighted by Gasteiger charge is 2.19. The highest BCUT2D eigenvalue weighted by atomic mass is 79.9. The third-order valence-electron chi connectivity index (χ3n) is 4.52. The number of hydrogen-bond acceptors (Lipinski definition) is 2. The van der Waals surface area contributed by atoms with E-state index in [9.17, 15) is 0 Å². The summed E-state index contributed by atoms with van der Waals surface area (Å²) in [7, 11) is 0. The van der Waals surface area contributed by atoms with Crippen LogP contribution in [0.15, 0.2) is 70.0 Å². The first kappa shape index (κ1) is 18.1. The van der Waals surface area contributed by atoms with Gasteiger partial charge in [0.05, 0.1) is 5.71 Å². The summed E-state index contributed by atoms with van der Waals surface area (Å²) in [6.07, 6.45) is 7.98. The number of benzene rings is 1. The number of H-pyrrole nitrogens is 1. The van der Waals surface area contributed by atoms with E-state index in [2.05, 4.69) is 48.9 Å². The minimum absolute atomic E-state index is 0.737. The van der Waals surface area contributed by atoms with Crippen molar-refractivity contribution in [3.8, 4) is 0 Å². The number of nitrogens with zero attached hydrogens (tertiary/aromatic N) is 3. The fourth-order valence-electron chi connectivity index (χ4n) is 3.24. The van der Waals surface area contributed by atoms with E-state index in [0.29, 0.717) is 0 Å². The van der Waals surface area contributed by atoms with E-state index in [1.165, 1.54) is 11.1 Å². The summed E-state index contributed by atoms with van der Waals surface area (Å²) in [4.78, 5) is 9.02. The smallest absolute Gasteiger partial charge is 0.233 e. The minimum Gasteiger partial charge on any atom is -0.284 e. The van der Waals surface area contributed by atoms with Crippen molar-refractivity contribution in [1.29, 1.82) is 0 Å². The molecule has 1 aromatic carbocycles. The van der Waals surface area contributed by atoms with E-state index in [1.54, 1.807) is 6.20 Å². The summed E-state index contributed by atoms with van der Waals surface area (Å²) in [5.74, 6) is 0. The Bertz CT molecular complexity index is 991. The number of aromatic nitrogens is 3. The van der Waals surface area contributed by atoms with Gasteiger partial charge in [-0.2, -0.15) is 5.10 Å². The Kier molecular flexibility index (Phi) is 5.50. The van der Waals surface area contributed by atoms with Crippen molar-refractivity contribution in [3.63, 3.8) is 0 Å². The maximum absolute atomic E-state index is 6.00. The minimum atomic E-state index is 0.737. The van der Waals surface area contributed by atoms with Crippen LogP contribution in [-0.2, 0) is 6.54 Å². The van der Waals surface area contributed by atoms with Gasteiger partial charge in [0, 0.05) is 47.2 Å². The molecule has 136 valence electrons. The van der Waals surface area contributed by atoms with E-state index >= 15 is 0 Å². The van der Waals surface area contributed by atoms with Gasteiger partial charge in [-0.15, -0.1) is 4.68 Å². The van der Waals surface area contributed by atoms with E-state index in [4.69, 9.17) is 16.6 Å². The summed E-state index contributed by atoms with van der Waals surface area (Å²) in [5.41, 5.74) is 5.64. The van der Waals surface area contributed by atoms with Crippen molar-refractivity contribution in [2.24, 2.45) is 4.99 Å². The number of aliphatic imine (C=N–C) groups is 1. The summed E-state index contributed by atoms with van der Waals surface area (Å²) in [5, 5.41) is 4.10. The molecule has 4 rings (SSSR count). The predicted molar refractivity (Wildman–Crippen MR) is 112 cm³/mol. The summed E-state index contributed by atoms with van der Waals surface area (Å²) in [6, 6.07) is 14.0. The van der Waals surface area contributed by atoms with E-state index < -0.39 is 0 Å². The lowest BCUT2D eigenvalue weighted by molar-refractivity contribution is -0.744. The molecule has 1 aliphatic heterocycles. The Morgan fingerprint density at radius 1 is 1.22 bits per heavy atom. The van der Waals surface area contributed by atoms with Crippen LogP contribution in [0.1, 0.15) is 29.7 Å². The van der Waals surface area contributed by atoms with Gasteiger partial charge in [0.15, 0.2) is 6.54 Å². The highest BCUT2D eigenvalue weighted by molar-refractivity contribution is 9.10. The van der Waals surface area contributed by atoms with Crippen LogP contribution in [0.3, 0.4) is 0 Å². The van der Waals surface area contributed by atoms with Crippen LogP contribution in [0.5, 0.6) is 0 Å². The molecule has 0 bridgehead atoms. The SMILES string of the molecule is Clc1ccc(C[n+]2[nH]c(Br)cc2/C=C2\CCCN=C2c2cccnc2)cc1. The molecule has 6 heteroatoms. The predicted octanol–water partition coefficient (Wildman–Crippen LogP) is 4.83. The highest BCUT2D eigenvalue weighted by Crippen LogP contribution is 2.22. The monoisotopic (exact) mass is 441 g/mol. The second-order valence-corrected chi connectivity index (χ2v) is 7.78. The van der Waals surface area contributed by atoms with Gasteiger partial charge in [-0.3, -0.25) is 9.98 Å². The first-order valence-electron chi connectivity index (χ1n) is 8.87. The van der Waals surface area contributed by atoms with Gasteiger partial charge in [-0.1, -0.05) is 23.7 Å². The molecule has 1 aliphatic rings. The van der Waals surface area contributed by atoms with Gasteiger partial charge in [-0.05, 0) is 58.6 Å². The van der Waals surface area contributed by atoms with E-state index in [-0.39, 0.29) is 0 Å². The van der Waals surface area contributed by atoms with Gasteiger partial charge >= 0.3 is 0 Å². The van der Waals surface area contributed by atoms with E-state index in [1.807, 2.05) is 36.5 Å². The van der Waals surface area contributed by atoms with Gasteiger partial charge < -0.3 is 0 Å². The van der Waals surface area contributed by atoms with Crippen LogP contribution in [0.25, 0.3) is 6.08 Å². The fraction of sp³-hybridized carbons (Fsp3) is 0.190. The van der Waals surface area contributed by atoms with Crippen LogP contribution in [0.4, 0.5) is 0 Å². The molecule has 27 heavy (non-hydrogen) atoms. The first-order chi connectivity index (χ1) is 13.2. The van der Waals surface area contributed by atoms with Crippen molar-refractivity contribution in [2.75, 3.05) is 6.54 Å². The molecular formula is C21H19BrClN4+. The molecule has 4 nitrogen and oxygen atoms in total. The van der Waals surface area contributed by atoms with Crippen molar-refractivity contribution in [1.82, 2.24) is 10.1 Å². The second-order valence-electron chi connectivity index (χ2n) is 6.49. The van der Waals surface area contributed by atoms with Crippen molar-refractivity contribution >= 4 is 39.3 Å². The van der Waals surface area contributed by atoms with Gasteiger partial charge in [-0.25, -0.2) is 0 Å². The maximum atomic E-state index is 6.00. The molecule has 0 saturated heterocycles. The quantitative estimate of drug-likeness (QED) is 0.578. The lowest BCUT2D eigenvalue weighted by atomic mass is 9.96. The van der Waals surface area contributed by atoms with Gasteiger partial charge in [0.2, 0.25) is 5.69 Å². The molecular weight excluding hydrogens is 424 g/mol. The number of halogens is 2. The molecule has 0 radical (unpaired) electrons. The van der Waals surface area contributed by atoms with Gasteiger partial charge in [0.1, 0.15) is 4.60 Å². The lowest BCUT2D eigenvalue weighted by Crippen LogP contribution is -2.39. The standard InChI is InChI=1S/C21H18BrClN4/c22-20-12-19(27(26-20)14-15-5-7-18(23)8-6-15)11-16-3-2-10-25-21(16)17-4-1-9-24-13-17/h1,4-9,11-13H,2-3,10,14H2/p+1/b16-11+. The maximum Gasteiger partial charge on any atom is 0.233 e. The largest absolute Gasteiger partial charge is 0.284 e. The third kappa shape index (κ3) is 4.37. The van der Waals surface area contributed by atoms with Crippen LogP contribution in [-0.4, -0.2) is 22.3 Å². The molecule has 0 atom stereocenters. The Morgan fingerprint density at radius 3 is 2.85 bits per heavy atom. The van der Waals surface area contributed by atoms with Crippen LogP contribution in [0, 0.1) is 0 Å². The average Bonchev–Trinajstić information content (AvgIpc) is 3.03. The molecule has 0 saturated carbocycles. The number of pyridine rings is 1. The molecule has 3 heterocycles. The number of rotatable bonds is 4. The summed E-state index contributed by atoms with van der Waals surface area (Å²) in [6.45, 7) is 1.60. The van der Waals surface area contributed by atoms with Gasteiger partial charge in [0.25, 0.3) is 0 Å². The average molecular weight is 443 g/mol. The number of nitrogens with one attached hydrogen (secondary N) is 1. The van der Waals surface area contributed by atoms with Crippen molar-refractivity contribution < 1.29 is 4.68 Å². The number of allylic oxidation sites excluding steroid dienone is 1. The summed E-state index contributed by atoms with van der Waals surface area (Å²) >= 11 is 9.57. The molecule has 0 spiro atoms. The first-order valence-corrected chi connectivity index (χ1v) is 10.0. The molecule has 2 aromatic heterocycles. The van der Waals surface area contributed by atoms with Crippen LogP contribution < -0.4 is 4.68 Å². The molecule has 1 N–H and O–H groups in total. The number of aromatic amines is 1. The molecule has 0 fully saturated rings. The van der Waals surface area contributed by atoms with Crippen molar-refractivity contribution in [2.45, 2.75) is 19.4 Å². The number of hydrogen-bond donors (Lipinski definition) is 1.